The highest BCUT2D eigenvalue weighted by atomic mass is 16.4. The Morgan fingerprint density at radius 2 is 2.00 bits per heavy atom. The van der Waals surface area contributed by atoms with Crippen molar-refractivity contribution in [3.8, 4) is 0 Å². The first kappa shape index (κ1) is 12.9. The quantitative estimate of drug-likeness (QED) is 0.826. The van der Waals surface area contributed by atoms with Crippen LogP contribution in [0.1, 0.15) is 28.4 Å². The maximum atomic E-state index is 12.3. The van der Waals surface area contributed by atoms with Gasteiger partial charge in [-0.25, -0.2) is 0 Å². The molecule has 0 radical (unpaired) electrons. The van der Waals surface area contributed by atoms with Crippen LogP contribution >= 0.6 is 0 Å². The van der Waals surface area contributed by atoms with Crippen molar-refractivity contribution in [2.75, 3.05) is 0 Å². The number of hydrogen-bond donors (Lipinski definition) is 1. The first-order valence-corrected chi connectivity index (χ1v) is 5.75. The van der Waals surface area contributed by atoms with Crippen molar-refractivity contribution < 1.29 is 14.7 Å². The van der Waals surface area contributed by atoms with Crippen LogP contribution in [0.25, 0.3) is 0 Å². The molecule has 0 aliphatic rings. The van der Waals surface area contributed by atoms with Crippen LogP contribution in [0.5, 0.6) is 0 Å². The number of hydrogen-bond acceptors (Lipinski definition) is 4. The Balaban J connectivity index is 2.33. The van der Waals surface area contributed by atoms with Crippen LogP contribution in [0.4, 0.5) is 0 Å². The summed E-state index contributed by atoms with van der Waals surface area (Å²) in [5.74, 6) is -2.10. The number of aromatic nitrogens is 2. The number of rotatable bonds is 5. The van der Waals surface area contributed by atoms with Crippen LogP contribution in [0, 0.1) is 0 Å². The summed E-state index contributed by atoms with van der Waals surface area (Å²) in [7, 11) is 0. The van der Waals surface area contributed by atoms with Crippen LogP contribution in [0.2, 0.25) is 0 Å². The first-order chi connectivity index (χ1) is 9.18. The maximum absolute atomic E-state index is 12.3. The predicted octanol–water partition coefficient (Wildman–Crippen LogP) is 1.92. The largest absolute Gasteiger partial charge is 0.481 e. The van der Waals surface area contributed by atoms with E-state index in [1.54, 1.807) is 36.5 Å². The summed E-state index contributed by atoms with van der Waals surface area (Å²) in [6, 6.07) is 8.35. The molecule has 0 saturated carbocycles. The monoisotopic (exact) mass is 256 g/mol. The third kappa shape index (κ3) is 3.22. The van der Waals surface area contributed by atoms with Crippen molar-refractivity contribution in [2.45, 2.75) is 12.3 Å². The van der Waals surface area contributed by atoms with Crippen molar-refractivity contribution >= 4 is 11.8 Å². The van der Waals surface area contributed by atoms with E-state index in [1.807, 2.05) is 0 Å². The van der Waals surface area contributed by atoms with Crippen molar-refractivity contribution in [3.05, 3.63) is 60.2 Å². The molecule has 5 heteroatoms. The van der Waals surface area contributed by atoms with Gasteiger partial charge in [0.1, 0.15) is 5.69 Å². The Kier molecular flexibility index (Phi) is 3.97. The molecule has 19 heavy (non-hydrogen) atoms. The molecule has 2 heterocycles. The van der Waals surface area contributed by atoms with Crippen LogP contribution < -0.4 is 0 Å². The van der Waals surface area contributed by atoms with Crippen LogP contribution in [0.15, 0.2) is 48.9 Å². The second kappa shape index (κ2) is 5.86. The summed E-state index contributed by atoms with van der Waals surface area (Å²) < 4.78 is 0. The van der Waals surface area contributed by atoms with Gasteiger partial charge in [0.25, 0.3) is 0 Å². The van der Waals surface area contributed by atoms with E-state index in [9.17, 15) is 9.59 Å². The van der Waals surface area contributed by atoms with E-state index >= 15 is 0 Å². The Hall–Kier alpha value is -2.56. The third-order valence-corrected chi connectivity index (χ3v) is 2.70. The summed E-state index contributed by atoms with van der Waals surface area (Å²) in [6.45, 7) is 0. The number of aliphatic carboxylic acids is 1. The molecule has 1 N–H and O–H groups in total. The molecule has 0 spiro atoms. The van der Waals surface area contributed by atoms with E-state index in [-0.39, 0.29) is 17.9 Å². The molecule has 2 rings (SSSR count). The van der Waals surface area contributed by atoms with Crippen LogP contribution in [-0.4, -0.2) is 26.8 Å². The van der Waals surface area contributed by atoms with Gasteiger partial charge in [0.05, 0.1) is 12.3 Å². The van der Waals surface area contributed by atoms with Gasteiger partial charge in [-0.15, -0.1) is 0 Å². The average Bonchev–Trinajstić information content (AvgIpc) is 2.46. The number of pyridine rings is 2. The highest BCUT2D eigenvalue weighted by Gasteiger charge is 2.25. The molecule has 5 nitrogen and oxygen atoms in total. The molecular formula is C14H12N2O3. The van der Waals surface area contributed by atoms with E-state index in [0.29, 0.717) is 5.56 Å². The second-order valence-electron chi connectivity index (χ2n) is 4.02. The molecule has 0 amide bonds. The molecule has 0 aliphatic heterocycles. The molecule has 0 fully saturated rings. The van der Waals surface area contributed by atoms with Crippen molar-refractivity contribution in [1.29, 1.82) is 0 Å². The number of nitrogens with zero attached hydrogens (tertiary/aromatic N) is 2. The SMILES string of the molecule is O=C(O)CC(C(=O)c1ccccn1)c1cccnc1. The van der Waals surface area contributed by atoms with Gasteiger partial charge >= 0.3 is 5.97 Å². The lowest BCUT2D eigenvalue weighted by atomic mass is 9.91. The van der Waals surface area contributed by atoms with E-state index in [0.717, 1.165) is 0 Å². The summed E-state index contributed by atoms with van der Waals surface area (Å²) in [5, 5.41) is 8.95. The molecule has 1 unspecified atom stereocenters. The lowest BCUT2D eigenvalue weighted by Crippen LogP contribution is -2.18. The number of carbonyl (C=O) groups is 2. The zero-order chi connectivity index (χ0) is 13.7. The van der Waals surface area contributed by atoms with Gasteiger partial charge in [0.2, 0.25) is 0 Å². The van der Waals surface area contributed by atoms with Gasteiger partial charge < -0.3 is 5.11 Å². The van der Waals surface area contributed by atoms with Crippen molar-refractivity contribution in [1.82, 2.24) is 9.97 Å². The summed E-state index contributed by atoms with van der Waals surface area (Å²) in [6.07, 6.45) is 4.32. The minimum atomic E-state index is -1.03. The van der Waals surface area contributed by atoms with Gasteiger partial charge in [0.15, 0.2) is 5.78 Å². The Labute approximate surface area is 110 Å². The van der Waals surface area contributed by atoms with E-state index in [4.69, 9.17) is 5.11 Å². The topological polar surface area (TPSA) is 80.1 Å². The molecule has 0 aromatic carbocycles. The van der Waals surface area contributed by atoms with Crippen LogP contribution in [-0.2, 0) is 4.79 Å². The first-order valence-electron chi connectivity index (χ1n) is 5.75. The van der Waals surface area contributed by atoms with Gasteiger partial charge in [-0.2, -0.15) is 0 Å². The minimum absolute atomic E-state index is 0.262. The zero-order valence-corrected chi connectivity index (χ0v) is 10.1. The van der Waals surface area contributed by atoms with Crippen LogP contribution in [0.3, 0.4) is 0 Å². The minimum Gasteiger partial charge on any atom is -0.481 e. The highest BCUT2D eigenvalue weighted by molar-refractivity contribution is 6.01. The van der Waals surface area contributed by atoms with E-state index in [1.165, 1.54) is 12.4 Å². The van der Waals surface area contributed by atoms with Crippen molar-refractivity contribution in [2.24, 2.45) is 0 Å². The molecule has 1 atom stereocenters. The third-order valence-electron chi connectivity index (χ3n) is 2.70. The summed E-state index contributed by atoms with van der Waals surface area (Å²) >= 11 is 0. The average molecular weight is 256 g/mol. The van der Waals surface area contributed by atoms with E-state index in [2.05, 4.69) is 9.97 Å². The van der Waals surface area contributed by atoms with Gasteiger partial charge in [-0.1, -0.05) is 12.1 Å². The normalized spacial score (nSPS) is 11.8. The van der Waals surface area contributed by atoms with E-state index < -0.39 is 11.9 Å². The number of carbonyl (C=O) groups excluding carboxylic acids is 1. The smallest absolute Gasteiger partial charge is 0.304 e. The standard InChI is InChI=1S/C14H12N2O3/c17-13(18)8-11(10-4-3-6-15-9-10)14(19)12-5-1-2-7-16-12/h1-7,9,11H,8H2,(H,17,18). The van der Waals surface area contributed by atoms with Gasteiger partial charge in [-0.3, -0.25) is 19.6 Å². The van der Waals surface area contributed by atoms with Gasteiger partial charge in [0, 0.05) is 18.6 Å². The molecule has 0 bridgehead atoms. The molecule has 2 aromatic rings. The second-order valence-corrected chi connectivity index (χ2v) is 4.02. The molecule has 0 aliphatic carbocycles. The molecule has 96 valence electrons. The Morgan fingerprint density at radius 3 is 2.58 bits per heavy atom. The summed E-state index contributed by atoms with van der Waals surface area (Å²) in [4.78, 5) is 31.1. The fraction of sp³-hybridized carbons (Fsp3) is 0.143. The number of Topliss-reactive ketones (excluding diaryl/α,β-unsaturated/α-hetero) is 1. The maximum Gasteiger partial charge on any atom is 0.304 e. The molecule has 2 aromatic heterocycles. The van der Waals surface area contributed by atoms with Gasteiger partial charge in [-0.05, 0) is 23.8 Å². The molecule has 0 saturated heterocycles. The molecular weight excluding hydrogens is 244 g/mol. The lowest BCUT2D eigenvalue weighted by Gasteiger charge is -2.13. The Morgan fingerprint density at radius 1 is 1.16 bits per heavy atom. The predicted molar refractivity (Wildman–Crippen MR) is 67.8 cm³/mol. The fourth-order valence-electron chi connectivity index (χ4n) is 1.81. The number of carboxylic acid groups (broad SMARTS) is 1. The Bertz CT molecular complexity index is 570. The summed E-state index contributed by atoms with van der Waals surface area (Å²) in [5.41, 5.74) is 0.846. The number of carboxylic acids is 1. The lowest BCUT2D eigenvalue weighted by molar-refractivity contribution is -0.137. The van der Waals surface area contributed by atoms with Crippen molar-refractivity contribution in [3.63, 3.8) is 0 Å². The fourth-order valence-corrected chi connectivity index (χ4v) is 1.81. The highest BCUT2D eigenvalue weighted by Crippen LogP contribution is 2.23. The number of ketones is 1. The zero-order valence-electron chi connectivity index (χ0n) is 10.1.